The van der Waals surface area contributed by atoms with Crippen LogP contribution < -0.4 is 48.1 Å². The molecule has 224 valence electrons. The molecule has 2 aliphatic rings. The van der Waals surface area contributed by atoms with E-state index in [0.717, 1.165) is 0 Å². The highest BCUT2D eigenvalue weighted by Crippen LogP contribution is 2.31. The van der Waals surface area contributed by atoms with Crippen LogP contribution in [0.1, 0.15) is 23.2 Å². The molecule has 0 bridgehead atoms. The Hall–Kier alpha value is -4.44. The van der Waals surface area contributed by atoms with Gasteiger partial charge in [-0.15, -0.1) is 0 Å². The molecule has 1 aromatic heterocycles. The molecule has 1 amide bonds. The maximum Gasteiger partial charge on any atom is 0.259 e. The molecule has 0 unspecified atom stereocenters. The van der Waals surface area contributed by atoms with Crippen LogP contribution in [0.2, 0.25) is 0 Å². The molecule has 2 fully saturated rings. The van der Waals surface area contributed by atoms with Gasteiger partial charge in [-0.1, -0.05) is 0 Å². The normalized spacial score (nSPS) is 22.5. The lowest BCUT2D eigenvalue weighted by molar-refractivity contribution is 0.102. The first-order valence-electron chi connectivity index (χ1n) is 13.6. The van der Waals surface area contributed by atoms with Crippen molar-refractivity contribution in [2.75, 3.05) is 53.7 Å². The summed E-state index contributed by atoms with van der Waals surface area (Å²) < 4.78 is 5.05. The van der Waals surface area contributed by atoms with Crippen LogP contribution >= 0.6 is 0 Å². The summed E-state index contributed by atoms with van der Waals surface area (Å²) in [6.45, 7) is 2.15. The summed E-state index contributed by atoms with van der Waals surface area (Å²) in [6.07, 6.45) is 1.41. The molecular weight excluding hydrogens is 542 g/mol. The Morgan fingerprint density at radius 3 is 1.90 bits per heavy atom. The molecule has 5 rings (SSSR count). The number of piperidine rings is 2. The van der Waals surface area contributed by atoms with E-state index in [1.807, 2.05) is 9.80 Å². The van der Waals surface area contributed by atoms with Gasteiger partial charge in [-0.05, 0) is 37.1 Å². The summed E-state index contributed by atoms with van der Waals surface area (Å²) >= 11 is 0. The molecule has 4 atom stereocenters. The predicted molar refractivity (Wildman–Crippen MR) is 159 cm³/mol. The summed E-state index contributed by atoms with van der Waals surface area (Å²) in [5, 5.41) is 26.6. The quantitative estimate of drug-likeness (QED) is 0.172. The maximum atomic E-state index is 12.7. The van der Waals surface area contributed by atoms with Gasteiger partial charge < -0.3 is 58.3 Å². The van der Waals surface area contributed by atoms with Crippen molar-refractivity contribution in [1.29, 1.82) is 0 Å². The van der Waals surface area contributed by atoms with Gasteiger partial charge in [0.2, 0.25) is 17.8 Å². The second-order valence-electron chi connectivity index (χ2n) is 10.8. The van der Waals surface area contributed by atoms with Crippen molar-refractivity contribution < 1.29 is 19.7 Å². The van der Waals surface area contributed by atoms with Crippen molar-refractivity contribution in [1.82, 2.24) is 15.0 Å². The number of aromatic nitrogens is 3. The third kappa shape index (κ3) is 6.71. The lowest BCUT2D eigenvalue weighted by Gasteiger charge is -2.37. The Balaban J connectivity index is 1.38. The number of carbonyl (C=O) groups is 1. The van der Waals surface area contributed by atoms with Gasteiger partial charge >= 0.3 is 0 Å². The number of hydrogen-bond donors (Lipinski definition) is 8. The van der Waals surface area contributed by atoms with Crippen LogP contribution in [0.5, 0.6) is 17.2 Å². The average molecular weight is 580 g/mol. The zero-order chi connectivity index (χ0) is 30.0. The van der Waals surface area contributed by atoms with Crippen LogP contribution in [0.15, 0.2) is 36.4 Å². The third-order valence-electron chi connectivity index (χ3n) is 7.16. The number of carbonyl (C=O) groups excluding carboxylic acids is 1. The molecule has 2 aliphatic heterocycles. The van der Waals surface area contributed by atoms with Gasteiger partial charge in [-0.25, -0.2) is 0 Å². The Kier molecular flexibility index (Phi) is 8.44. The van der Waals surface area contributed by atoms with Crippen molar-refractivity contribution in [2.45, 2.75) is 37.0 Å². The molecule has 3 heterocycles. The smallest absolute Gasteiger partial charge is 0.259 e. The number of benzene rings is 2. The zero-order valence-electron chi connectivity index (χ0n) is 23.3. The minimum atomic E-state index is -0.603. The highest BCUT2D eigenvalue weighted by Gasteiger charge is 2.29. The Bertz CT molecular complexity index is 1380. The van der Waals surface area contributed by atoms with Crippen LogP contribution in [-0.2, 0) is 0 Å². The van der Waals surface area contributed by atoms with Crippen LogP contribution in [0.25, 0.3) is 0 Å². The van der Waals surface area contributed by atoms with Gasteiger partial charge in [0.25, 0.3) is 5.91 Å². The second-order valence-corrected chi connectivity index (χ2v) is 10.8. The summed E-state index contributed by atoms with van der Waals surface area (Å²) in [5.41, 5.74) is 25.5. The number of ether oxygens (including phenoxy) is 1. The van der Waals surface area contributed by atoms with Gasteiger partial charge in [0.1, 0.15) is 17.2 Å². The number of hydrogen-bond acceptors (Lipinski definition) is 14. The van der Waals surface area contributed by atoms with E-state index in [2.05, 4.69) is 20.6 Å². The molecule has 2 saturated heterocycles. The van der Waals surface area contributed by atoms with E-state index in [0.29, 0.717) is 62.4 Å². The predicted octanol–water partition coefficient (Wildman–Crippen LogP) is 0.0167. The van der Waals surface area contributed by atoms with E-state index in [1.54, 1.807) is 12.1 Å². The Morgan fingerprint density at radius 2 is 1.40 bits per heavy atom. The summed E-state index contributed by atoms with van der Waals surface area (Å²) in [6, 6.07) is 8.40. The second kappa shape index (κ2) is 12.2. The van der Waals surface area contributed by atoms with Gasteiger partial charge in [0.05, 0.1) is 18.4 Å². The van der Waals surface area contributed by atoms with Crippen molar-refractivity contribution in [3.05, 3.63) is 42.0 Å². The number of nitrogens with zero attached hydrogens (tertiary/aromatic N) is 5. The molecule has 0 aliphatic carbocycles. The zero-order valence-corrected chi connectivity index (χ0v) is 23.3. The highest BCUT2D eigenvalue weighted by atomic mass is 16.5. The summed E-state index contributed by atoms with van der Waals surface area (Å²) in [7, 11) is 1.46. The summed E-state index contributed by atoms with van der Waals surface area (Å²) in [5.74, 6) is 0.392. The molecule has 0 spiro atoms. The molecule has 0 radical (unpaired) electrons. The van der Waals surface area contributed by atoms with Gasteiger partial charge in [-0.3, -0.25) is 4.79 Å². The lowest BCUT2D eigenvalue weighted by Crippen LogP contribution is -2.54. The van der Waals surface area contributed by atoms with E-state index in [-0.39, 0.29) is 52.9 Å². The number of phenols is 2. The maximum absolute atomic E-state index is 12.7. The highest BCUT2D eigenvalue weighted by molar-refractivity contribution is 6.07. The van der Waals surface area contributed by atoms with Crippen molar-refractivity contribution >= 4 is 35.1 Å². The number of aromatic hydroxyl groups is 2. The molecule has 15 nitrogen and oxygen atoms in total. The lowest BCUT2D eigenvalue weighted by atomic mass is 10.0. The average Bonchev–Trinajstić information content (AvgIpc) is 2.93. The van der Waals surface area contributed by atoms with Gasteiger partial charge in [0, 0.05) is 68.2 Å². The number of amides is 1. The van der Waals surface area contributed by atoms with E-state index in [4.69, 9.17) is 32.7 Å². The van der Waals surface area contributed by atoms with E-state index < -0.39 is 5.91 Å². The fourth-order valence-electron chi connectivity index (χ4n) is 5.24. The third-order valence-corrected chi connectivity index (χ3v) is 7.16. The first-order chi connectivity index (χ1) is 20.1. The molecule has 12 N–H and O–H groups in total. The molecule has 0 saturated carbocycles. The minimum absolute atomic E-state index is 0.0249. The largest absolute Gasteiger partial charge is 0.507 e. The summed E-state index contributed by atoms with van der Waals surface area (Å²) in [4.78, 5) is 30.5. The number of phenolic OH excluding ortho intramolecular Hbond substituents is 2. The number of rotatable bonds is 7. The van der Waals surface area contributed by atoms with Crippen LogP contribution in [0.3, 0.4) is 0 Å². The molecule has 3 aromatic rings. The van der Waals surface area contributed by atoms with Gasteiger partial charge in [0.15, 0.2) is 0 Å². The molecule has 42 heavy (non-hydrogen) atoms. The van der Waals surface area contributed by atoms with Crippen molar-refractivity contribution in [3.8, 4) is 17.2 Å². The number of nitrogens with one attached hydrogen (secondary N) is 2. The minimum Gasteiger partial charge on any atom is -0.507 e. The standard InChI is InChI=1S/C27H37N11O4/c1-42-19-3-4-20(22(39)9-19)24(41)33-21-5-2-18(8-23(21)40)32-25-34-26(37-10-14(28)6-15(29)11-37)36-27(35-25)38-12-16(30)7-17(31)13-38/h2-5,8-9,14-17,39-40H,6-7,10-13,28-31H2,1H3,(H,33,41)(H,32,34,35,36)/t14-,15+,16-,17+. The molecular formula is C27H37N11O4. The fraction of sp³-hybridized carbons (Fsp3) is 0.407. The monoisotopic (exact) mass is 579 g/mol. The van der Waals surface area contributed by atoms with Crippen LogP contribution in [0.4, 0.5) is 29.2 Å². The molecule has 15 heteroatoms. The first kappa shape index (κ1) is 29.1. The number of anilines is 5. The Labute approximate surface area is 242 Å². The fourth-order valence-corrected chi connectivity index (χ4v) is 5.24. The number of nitrogens with two attached hydrogens (primary N) is 4. The molecule has 2 aromatic carbocycles. The van der Waals surface area contributed by atoms with Crippen molar-refractivity contribution in [3.63, 3.8) is 0 Å². The first-order valence-corrected chi connectivity index (χ1v) is 13.6. The van der Waals surface area contributed by atoms with E-state index in [1.165, 1.54) is 31.4 Å². The SMILES string of the molecule is COc1ccc(C(=O)Nc2ccc(Nc3nc(N4C[C@H](N)C[C@H](N)C4)nc(N4C[C@H](N)C[C@H](N)C4)n3)cc2O)c(O)c1. The Morgan fingerprint density at radius 1 is 0.833 bits per heavy atom. The van der Waals surface area contributed by atoms with E-state index >= 15 is 0 Å². The van der Waals surface area contributed by atoms with Crippen LogP contribution in [-0.4, -0.2) is 88.5 Å². The van der Waals surface area contributed by atoms with Crippen molar-refractivity contribution in [2.24, 2.45) is 22.9 Å². The van der Waals surface area contributed by atoms with Gasteiger partial charge in [-0.2, -0.15) is 15.0 Å². The van der Waals surface area contributed by atoms with E-state index in [9.17, 15) is 15.0 Å². The number of methoxy groups -OCH3 is 1. The topological polar surface area (TPSA) is 240 Å². The van der Waals surface area contributed by atoms with Crippen LogP contribution in [0, 0.1) is 0 Å².